The van der Waals surface area contributed by atoms with Gasteiger partial charge in [0.25, 0.3) is 0 Å². The van der Waals surface area contributed by atoms with Crippen molar-refractivity contribution in [2.24, 2.45) is 0 Å². The summed E-state index contributed by atoms with van der Waals surface area (Å²) in [6.07, 6.45) is 11.0. The van der Waals surface area contributed by atoms with Crippen molar-refractivity contribution in [3.63, 3.8) is 0 Å². The highest BCUT2D eigenvalue weighted by Gasteiger charge is 2.10. The molecule has 0 spiro atoms. The molecule has 0 aliphatic rings. The van der Waals surface area contributed by atoms with E-state index in [1.54, 1.807) is 6.07 Å². The van der Waals surface area contributed by atoms with Crippen LogP contribution in [-0.2, 0) is 14.3 Å². The highest BCUT2D eigenvalue weighted by atomic mass is 16.5. The van der Waals surface area contributed by atoms with Gasteiger partial charge in [-0.05, 0) is 29.3 Å². The first-order valence-electron chi connectivity index (χ1n) is 11.5. The molecule has 0 saturated heterocycles. The Kier molecular flexibility index (Phi) is 11.9. The van der Waals surface area contributed by atoms with Gasteiger partial charge >= 0.3 is 11.9 Å². The Labute approximate surface area is 186 Å². The standard InChI is InChI=1S/C27H34O4/c1-2-3-4-5-6-7-8-9-10-11-14-21-30-26(28)19-20-27(29)31-25-18-17-23-15-12-13-16-24(23)22-25/h12-13,15-18,22H,2-10,19-21H2,1H3. The third-order valence-corrected chi connectivity index (χ3v) is 5.07. The second-order valence-electron chi connectivity index (χ2n) is 7.72. The van der Waals surface area contributed by atoms with Gasteiger partial charge < -0.3 is 9.47 Å². The number of carbonyl (C=O) groups excluding carboxylic acids is 2. The van der Waals surface area contributed by atoms with Crippen LogP contribution in [0.2, 0.25) is 0 Å². The molecule has 0 heterocycles. The summed E-state index contributed by atoms with van der Waals surface area (Å²) < 4.78 is 10.4. The number of rotatable bonds is 13. The van der Waals surface area contributed by atoms with E-state index in [-0.39, 0.29) is 19.4 Å². The number of benzene rings is 2. The molecule has 0 radical (unpaired) electrons. The van der Waals surface area contributed by atoms with Crippen molar-refractivity contribution in [1.82, 2.24) is 0 Å². The predicted octanol–water partition coefficient (Wildman–Crippen LogP) is 6.60. The van der Waals surface area contributed by atoms with Crippen molar-refractivity contribution >= 4 is 22.7 Å². The fourth-order valence-corrected chi connectivity index (χ4v) is 3.29. The van der Waals surface area contributed by atoms with E-state index in [1.165, 1.54) is 44.9 Å². The molecule has 0 bridgehead atoms. The van der Waals surface area contributed by atoms with E-state index in [2.05, 4.69) is 18.8 Å². The third-order valence-electron chi connectivity index (χ3n) is 5.07. The van der Waals surface area contributed by atoms with E-state index >= 15 is 0 Å². The van der Waals surface area contributed by atoms with Gasteiger partial charge in [0.15, 0.2) is 6.61 Å². The quantitative estimate of drug-likeness (QED) is 0.158. The minimum Gasteiger partial charge on any atom is -0.452 e. The van der Waals surface area contributed by atoms with Crippen LogP contribution >= 0.6 is 0 Å². The number of ether oxygens (including phenoxy) is 2. The fourth-order valence-electron chi connectivity index (χ4n) is 3.29. The van der Waals surface area contributed by atoms with Gasteiger partial charge in [-0.25, -0.2) is 0 Å². The maximum atomic E-state index is 12.0. The van der Waals surface area contributed by atoms with E-state index < -0.39 is 11.9 Å². The predicted molar refractivity (Wildman–Crippen MR) is 125 cm³/mol. The Morgan fingerprint density at radius 1 is 0.774 bits per heavy atom. The van der Waals surface area contributed by atoms with E-state index in [0.717, 1.165) is 23.6 Å². The van der Waals surface area contributed by atoms with E-state index in [1.807, 2.05) is 36.4 Å². The number of fused-ring (bicyclic) bond motifs is 1. The third kappa shape index (κ3) is 10.7. The van der Waals surface area contributed by atoms with E-state index in [0.29, 0.717) is 5.75 Å². The van der Waals surface area contributed by atoms with Crippen LogP contribution in [-0.4, -0.2) is 18.5 Å². The molecular formula is C27H34O4. The highest BCUT2D eigenvalue weighted by molar-refractivity contribution is 5.85. The van der Waals surface area contributed by atoms with Gasteiger partial charge in [0.05, 0.1) is 12.8 Å². The average Bonchev–Trinajstić information content (AvgIpc) is 2.78. The molecule has 2 aromatic carbocycles. The molecule has 2 aromatic rings. The Hall–Kier alpha value is -2.80. The maximum Gasteiger partial charge on any atom is 0.311 e. The minimum absolute atomic E-state index is 0.00781. The molecule has 0 aliphatic carbocycles. The van der Waals surface area contributed by atoms with Crippen LogP contribution in [0, 0.1) is 11.8 Å². The molecule has 4 heteroatoms. The lowest BCUT2D eigenvalue weighted by atomic mass is 10.1. The zero-order chi connectivity index (χ0) is 22.2. The normalized spacial score (nSPS) is 10.4. The van der Waals surface area contributed by atoms with Crippen molar-refractivity contribution < 1.29 is 19.1 Å². The number of carbonyl (C=O) groups is 2. The first kappa shape index (κ1) is 24.5. The molecule has 4 nitrogen and oxygen atoms in total. The molecule has 0 unspecified atom stereocenters. The zero-order valence-electron chi connectivity index (χ0n) is 18.7. The molecule has 0 amide bonds. The molecule has 0 aromatic heterocycles. The number of esters is 2. The molecule has 166 valence electrons. The highest BCUT2D eigenvalue weighted by Crippen LogP contribution is 2.21. The molecule has 31 heavy (non-hydrogen) atoms. The van der Waals surface area contributed by atoms with Crippen LogP contribution in [0.25, 0.3) is 10.8 Å². The second kappa shape index (κ2) is 15.1. The van der Waals surface area contributed by atoms with Gasteiger partial charge in [-0.3, -0.25) is 9.59 Å². The number of unbranched alkanes of at least 4 members (excludes halogenated alkanes) is 8. The van der Waals surface area contributed by atoms with Gasteiger partial charge in [-0.1, -0.05) is 94.0 Å². The van der Waals surface area contributed by atoms with Crippen LogP contribution in [0.5, 0.6) is 5.75 Å². The minimum atomic E-state index is -0.451. The van der Waals surface area contributed by atoms with Crippen LogP contribution in [0.4, 0.5) is 0 Å². The van der Waals surface area contributed by atoms with Gasteiger partial charge in [0.2, 0.25) is 0 Å². The Balaban J connectivity index is 1.52. The lowest BCUT2D eigenvalue weighted by Gasteiger charge is -2.05. The zero-order valence-corrected chi connectivity index (χ0v) is 18.7. The van der Waals surface area contributed by atoms with Gasteiger partial charge in [-0.15, -0.1) is 0 Å². The van der Waals surface area contributed by atoms with Gasteiger partial charge in [0, 0.05) is 6.42 Å². The van der Waals surface area contributed by atoms with E-state index in [4.69, 9.17) is 9.47 Å². The Bertz CT molecular complexity index is 875. The van der Waals surface area contributed by atoms with E-state index in [9.17, 15) is 9.59 Å². The van der Waals surface area contributed by atoms with Crippen molar-refractivity contribution in [3.8, 4) is 17.6 Å². The Morgan fingerprint density at radius 3 is 2.23 bits per heavy atom. The van der Waals surface area contributed by atoms with Crippen molar-refractivity contribution in [3.05, 3.63) is 42.5 Å². The SMILES string of the molecule is CCCCCCCCCCC#CCOC(=O)CCC(=O)Oc1ccc2ccccc2c1. The first-order valence-corrected chi connectivity index (χ1v) is 11.5. The number of hydrogen-bond acceptors (Lipinski definition) is 4. The summed E-state index contributed by atoms with van der Waals surface area (Å²) in [5.41, 5.74) is 0. The van der Waals surface area contributed by atoms with Crippen LogP contribution in [0.15, 0.2) is 42.5 Å². The summed E-state index contributed by atoms with van der Waals surface area (Å²) in [6.45, 7) is 2.31. The molecule has 0 fully saturated rings. The summed E-state index contributed by atoms with van der Waals surface area (Å²) >= 11 is 0. The second-order valence-corrected chi connectivity index (χ2v) is 7.72. The molecule has 0 atom stereocenters. The van der Waals surface area contributed by atoms with Crippen LogP contribution in [0.3, 0.4) is 0 Å². The van der Waals surface area contributed by atoms with Crippen molar-refractivity contribution in [2.45, 2.75) is 77.6 Å². The Morgan fingerprint density at radius 2 is 1.45 bits per heavy atom. The lowest BCUT2D eigenvalue weighted by Crippen LogP contribution is -2.12. The maximum absolute atomic E-state index is 12.0. The summed E-state index contributed by atoms with van der Waals surface area (Å²) in [4.78, 5) is 23.7. The average molecular weight is 423 g/mol. The van der Waals surface area contributed by atoms with Gasteiger partial charge in [-0.2, -0.15) is 0 Å². The monoisotopic (exact) mass is 422 g/mol. The van der Waals surface area contributed by atoms with Crippen LogP contribution in [0.1, 0.15) is 77.6 Å². The van der Waals surface area contributed by atoms with Gasteiger partial charge in [0.1, 0.15) is 5.75 Å². The summed E-state index contributed by atoms with van der Waals surface area (Å²) in [5, 5.41) is 2.08. The molecular weight excluding hydrogens is 388 g/mol. The summed E-state index contributed by atoms with van der Waals surface area (Å²) in [5.74, 6) is 5.51. The first-order chi connectivity index (χ1) is 15.2. The largest absolute Gasteiger partial charge is 0.452 e. The molecule has 0 aliphatic heterocycles. The molecule has 2 rings (SSSR count). The summed E-state index contributed by atoms with van der Waals surface area (Å²) in [7, 11) is 0. The topological polar surface area (TPSA) is 52.6 Å². The molecule has 0 N–H and O–H groups in total. The van der Waals surface area contributed by atoms with Crippen molar-refractivity contribution in [1.29, 1.82) is 0 Å². The summed E-state index contributed by atoms with van der Waals surface area (Å²) in [6, 6.07) is 13.3. The molecule has 0 saturated carbocycles. The van der Waals surface area contributed by atoms with Crippen LogP contribution < -0.4 is 4.74 Å². The fraction of sp³-hybridized carbons (Fsp3) is 0.481. The number of hydrogen-bond donors (Lipinski definition) is 0. The smallest absolute Gasteiger partial charge is 0.311 e. The van der Waals surface area contributed by atoms with Crippen molar-refractivity contribution in [2.75, 3.05) is 6.61 Å². The lowest BCUT2D eigenvalue weighted by molar-refractivity contribution is -0.145.